The average molecular weight is 386 g/mol. The molecule has 0 bridgehead atoms. The van der Waals surface area contributed by atoms with Gasteiger partial charge in [0.15, 0.2) is 0 Å². The van der Waals surface area contributed by atoms with Gasteiger partial charge in [-0.2, -0.15) is 5.10 Å². The fraction of sp³-hybridized carbons (Fsp3) is 0.667. The lowest BCUT2D eigenvalue weighted by atomic mass is 10.1. The molecule has 2 aromatic heterocycles. The van der Waals surface area contributed by atoms with Crippen LogP contribution in [0.25, 0.3) is 0 Å². The second-order valence-corrected chi connectivity index (χ2v) is 9.26. The smallest absolute Gasteiger partial charge is 0.279 e. The van der Waals surface area contributed by atoms with Gasteiger partial charge in [-0.3, -0.25) is 4.57 Å². The summed E-state index contributed by atoms with van der Waals surface area (Å²) in [4.78, 5) is 16.9. The van der Waals surface area contributed by atoms with Gasteiger partial charge in [0, 0.05) is 24.4 Å². The van der Waals surface area contributed by atoms with Gasteiger partial charge >= 0.3 is 5.69 Å². The Morgan fingerprint density at radius 3 is 2.88 bits per heavy atom. The van der Waals surface area contributed by atoms with Crippen LogP contribution in [0.5, 0.6) is 0 Å². The molecule has 1 aliphatic heterocycles. The van der Waals surface area contributed by atoms with Gasteiger partial charge < -0.3 is 0 Å². The first kappa shape index (κ1) is 18.3. The molecule has 0 radical (unpaired) electrons. The third-order valence-electron chi connectivity index (χ3n) is 4.21. The summed E-state index contributed by atoms with van der Waals surface area (Å²) in [7, 11) is -3.24. The van der Waals surface area contributed by atoms with Gasteiger partial charge in [-0.05, 0) is 26.2 Å². The Morgan fingerprint density at radius 1 is 1.40 bits per heavy atom. The summed E-state index contributed by atoms with van der Waals surface area (Å²) in [6.07, 6.45) is 2.41. The Bertz CT molecular complexity index is 897. The zero-order valence-electron chi connectivity index (χ0n) is 14.4. The van der Waals surface area contributed by atoms with Crippen LogP contribution in [-0.4, -0.2) is 39.5 Å². The molecule has 1 unspecified atom stereocenters. The van der Waals surface area contributed by atoms with Crippen molar-refractivity contribution in [3.63, 3.8) is 0 Å². The summed E-state index contributed by atoms with van der Waals surface area (Å²) >= 11 is 1.55. The molecule has 0 saturated carbocycles. The van der Waals surface area contributed by atoms with Crippen LogP contribution in [0.2, 0.25) is 0 Å². The van der Waals surface area contributed by atoms with E-state index in [1.807, 2.05) is 19.2 Å². The largest absolute Gasteiger partial charge is 0.346 e. The summed E-state index contributed by atoms with van der Waals surface area (Å²) in [5.74, 6) is 0.850. The van der Waals surface area contributed by atoms with Crippen molar-refractivity contribution in [3.05, 3.63) is 32.4 Å². The van der Waals surface area contributed by atoms with Crippen molar-refractivity contribution >= 4 is 21.4 Å². The molecule has 0 aliphatic carbocycles. The molecule has 0 aromatic carbocycles. The van der Waals surface area contributed by atoms with E-state index in [1.54, 1.807) is 15.9 Å². The minimum Gasteiger partial charge on any atom is -0.279 e. The number of rotatable bonds is 6. The van der Waals surface area contributed by atoms with Crippen molar-refractivity contribution in [1.29, 1.82) is 0 Å². The molecular weight excluding hydrogens is 362 g/mol. The SMILES string of the molecule is CCCS(=O)(=O)NC1CCc2nn(Cc3csc(C)n3)c(=O)n2CC1. The van der Waals surface area contributed by atoms with Crippen molar-refractivity contribution in [2.75, 3.05) is 5.75 Å². The van der Waals surface area contributed by atoms with Crippen molar-refractivity contribution < 1.29 is 8.42 Å². The second kappa shape index (κ2) is 7.38. The molecule has 0 saturated heterocycles. The van der Waals surface area contributed by atoms with E-state index in [2.05, 4.69) is 14.8 Å². The van der Waals surface area contributed by atoms with Crippen LogP contribution < -0.4 is 10.4 Å². The molecule has 138 valence electrons. The van der Waals surface area contributed by atoms with Gasteiger partial charge in [0.05, 0.1) is 23.0 Å². The first-order chi connectivity index (χ1) is 11.9. The molecule has 8 nitrogen and oxygen atoms in total. The van der Waals surface area contributed by atoms with E-state index in [4.69, 9.17) is 0 Å². The van der Waals surface area contributed by atoms with E-state index in [9.17, 15) is 13.2 Å². The van der Waals surface area contributed by atoms with E-state index >= 15 is 0 Å². The first-order valence-electron chi connectivity index (χ1n) is 8.45. The maximum absolute atomic E-state index is 12.6. The van der Waals surface area contributed by atoms with Crippen LogP contribution in [0, 0.1) is 6.92 Å². The zero-order chi connectivity index (χ0) is 18.0. The normalized spacial score (nSPS) is 18.1. The van der Waals surface area contributed by atoms with Crippen LogP contribution in [0.15, 0.2) is 10.2 Å². The van der Waals surface area contributed by atoms with Gasteiger partial charge in [0.25, 0.3) is 0 Å². The summed E-state index contributed by atoms with van der Waals surface area (Å²) < 4.78 is 29.7. The average Bonchev–Trinajstić information content (AvgIpc) is 3.00. The maximum atomic E-state index is 12.6. The maximum Gasteiger partial charge on any atom is 0.346 e. The topological polar surface area (TPSA) is 98.9 Å². The standard InChI is InChI=1S/C15H23N5O3S2/c1-3-8-25(22,23)18-12-4-5-14-17-20(15(21)19(14)7-6-12)9-13-10-24-11(2)16-13/h10,12,18H,3-9H2,1-2H3. The molecular formula is C15H23N5O3S2. The Hall–Kier alpha value is -1.52. The van der Waals surface area contributed by atoms with E-state index in [-0.39, 0.29) is 17.5 Å². The number of fused-ring (bicyclic) bond motifs is 1. The van der Waals surface area contributed by atoms with E-state index < -0.39 is 10.0 Å². The number of nitrogens with zero attached hydrogens (tertiary/aromatic N) is 4. The van der Waals surface area contributed by atoms with Crippen LogP contribution in [0.3, 0.4) is 0 Å². The van der Waals surface area contributed by atoms with Gasteiger partial charge in [0.1, 0.15) is 5.82 Å². The molecule has 1 atom stereocenters. The van der Waals surface area contributed by atoms with E-state index in [0.717, 1.165) is 10.7 Å². The number of aryl methyl sites for hydroxylation is 2. The Balaban J connectivity index is 1.71. The molecule has 0 spiro atoms. The Kier molecular flexibility index (Phi) is 5.40. The number of hydrogen-bond donors (Lipinski definition) is 1. The van der Waals surface area contributed by atoms with Crippen molar-refractivity contribution in [3.8, 4) is 0 Å². The van der Waals surface area contributed by atoms with Crippen molar-refractivity contribution in [2.24, 2.45) is 0 Å². The van der Waals surface area contributed by atoms with Gasteiger partial charge in [0.2, 0.25) is 10.0 Å². The molecule has 3 rings (SSSR count). The summed E-state index contributed by atoms with van der Waals surface area (Å²) in [5, 5.41) is 7.34. The lowest BCUT2D eigenvalue weighted by molar-refractivity contribution is 0.487. The highest BCUT2D eigenvalue weighted by molar-refractivity contribution is 7.89. The fourth-order valence-corrected chi connectivity index (χ4v) is 5.07. The van der Waals surface area contributed by atoms with Crippen LogP contribution in [0.1, 0.15) is 42.7 Å². The third kappa shape index (κ3) is 4.36. The quantitative estimate of drug-likeness (QED) is 0.796. The van der Waals surface area contributed by atoms with E-state index in [0.29, 0.717) is 44.6 Å². The van der Waals surface area contributed by atoms with Crippen molar-refractivity contribution in [1.82, 2.24) is 24.1 Å². The number of thiazole rings is 1. The minimum absolute atomic E-state index is 0.133. The summed E-state index contributed by atoms with van der Waals surface area (Å²) in [6, 6.07) is -0.146. The highest BCUT2D eigenvalue weighted by Crippen LogP contribution is 2.14. The Labute approximate surface area is 151 Å². The van der Waals surface area contributed by atoms with Crippen LogP contribution in [0.4, 0.5) is 0 Å². The molecule has 3 heterocycles. The lowest BCUT2D eigenvalue weighted by Gasteiger charge is -2.15. The molecule has 1 N–H and O–H groups in total. The lowest BCUT2D eigenvalue weighted by Crippen LogP contribution is -2.37. The third-order valence-corrected chi connectivity index (χ3v) is 6.67. The highest BCUT2D eigenvalue weighted by atomic mass is 32.2. The predicted molar refractivity (Wildman–Crippen MR) is 96.4 cm³/mol. The fourth-order valence-electron chi connectivity index (χ4n) is 3.06. The number of nitrogens with one attached hydrogen (secondary N) is 1. The molecule has 10 heteroatoms. The zero-order valence-corrected chi connectivity index (χ0v) is 16.1. The monoisotopic (exact) mass is 385 g/mol. The first-order valence-corrected chi connectivity index (χ1v) is 11.0. The number of aromatic nitrogens is 4. The summed E-state index contributed by atoms with van der Waals surface area (Å²) in [6.45, 7) is 4.62. The van der Waals surface area contributed by atoms with Crippen molar-refractivity contribution in [2.45, 2.75) is 58.7 Å². The molecule has 1 aliphatic rings. The predicted octanol–water partition coefficient (Wildman–Crippen LogP) is 0.892. The molecule has 0 amide bonds. The summed E-state index contributed by atoms with van der Waals surface area (Å²) in [5.41, 5.74) is 0.681. The van der Waals surface area contributed by atoms with Crippen LogP contribution in [-0.2, 0) is 29.5 Å². The molecule has 25 heavy (non-hydrogen) atoms. The van der Waals surface area contributed by atoms with Gasteiger partial charge in [-0.25, -0.2) is 27.6 Å². The number of sulfonamides is 1. The van der Waals surface area contributed by atoms with Gasteiger partial charge in [-0.15, -0.1) is 11.3 Å². The second-order valence-electron chi connectivity index (χ2n) is 6.33. The molecule has 0 fully saturated rings. The van der Waals surface area contributed by atoms with Gasteiger partial charge in [-0.1, -0.05) is 6.92 Å². The number of hydrogen-bond acceptors (Lipinski definition) is 6. The molecule has 2 aromatic rings. The minimum atomic E-state index is -3.24. The van der Waals surface area contributed by atoms with Crippen LogP contribution >= 0.6 is 11.3 Å². The van der Waals surface area contributed by atoms with E-state index in [1.165, 1.54) is 4.68 Å². The highest BCUT2D eigenvalue weighted by Gasteiger charge is 2.24. The Morgan fingerprint density at radius 2 is 2.20 bits per heavy atom.